The van der Waals surface area contributed by atoms with E-state index in [-0.39, 0.29) is 17.5 Å². The summed E-state index contributed by atoms with van der Waals surface area (Å²) in [7, 11) is 0. The van der Waals surface area contributed by atoms with Crippen LogP contribution < -0.4 is 26.2 Å². The number of hydrogen-bond donors (Lipinski definition) is 0. The fourth-order valence-corrected chi connectivity index (χ4v) is 13.6. The first kappa shape index (κ1) is 40.7. The van der Waals surface area contributed by atoms with Crippen LogP contribution >= 0.6 is 0 Å². The summed E-state index contributed by atoms with van der Waals surface area (Å²) in [4.78, 5) is 5.22. The van der Waals surface area contributed by atoms with Gasteiger partial charge in [-0.15, -0.1) is 0 Å². The Balaban J connectivity index is 1.03. The van der Waals surface area contributed by atoms with E-state index < -0.39 is 0 Å². The number of para-hydroxylation sites is 3. The molecule has 1 fully saturated rings. The lowest BCUT2D eigenvalue weighted by atomic mass is 9.33. The van der Waals surface area contributed by atoms with E-state index in [2.05, 4.69) is 232 Å². The fraction of sp³-hybridized carbons (Fsp3) is 0.182. The topological polar surface area (TPSA) is 6.48 Å². The molecule has 0 bridgehead atoms. The van der Waals surface area contributed by atoms with E-state index in [1.807, 2.05) is 0 Å². The minimum atomic E-state index is -0.108. The van der Waals surface area contributed by atoms with Crippen LogP contribution in [0.15, 0.2) is 194 Å². The zero-order valence-electron chi connectivity index (χ0n) is 40.1. The van der Waals surface area contributed by atoms with Crippen LogP contribution in [-0.4, -0.2) is 6.71 Å². The van der Waals surface area contributed by atoms with Gasteiger partial charge in [-0.25, -0.2) is 0 Å². The van der Waals surface area contributed by atoms with Gasteiger partial charge in [-0.2, -0.15) is 0 Å². The van der Waals surface area contributed by atoms with Crippen LogP contribution in [0.4, 0.5) is 34.1 Å². The molecule has 0 aromatic heterocycles. The van der Waals surface area contributed by atoms with Gasteiger partial charge in [-0.1, -0.05) is 174 Å². The smallest absolute Gasteiger partial charge is 0.252 e. The summed E-state index contributed by atoms with van der Waals surface area (Å²) in [6.07, 6.45) is 6.36. The van der Waals surface area contributed by atoms with E-state index >= 15 is 0 Å². The van der Waals surface area contributed by atoms with Gasteiger partial charge in [0.2, 0.25) is 0 Å². The van der Waals surface area contributed by atoms with Gasteiger partial charge < -0.3 is 9.80 Å². The minimum absolute atomic E-state index is 0.0859. The van der Waals surface area contributed by atoms with Gasteiger partial charge in [0.25, 0.3) is 6.71 Å². The van der Waals surface area contributed by atoms with Gasteiger partial charge in [0, 0.05) is 45.0 Å². The molecule has 9 aromatic rings. The Morgan fingerprint density at radius 1 is 0.377 bits per heavy atom. The number of nitrogens with zero attached hydrogens (tertiary/aromatic N) is 2. The molecule has 0 unspecified atom stereocenters. The maximum Gasteiger partial charge on any atom is 0.252 e. The van der Waals surface area contributed by atoms with Crippen LogP contribution in [0.25, 0.3) is 44.5 Å². The molecule has 9 aromatic carbocycles. The molecule has 332 valence electrons. The number of anilines is 6. The van der Waals surface area contributed by atoms with Crippen molar-refractivity contribution in [3.8, 4) is 44.5 Å². The summed E-state index contributed by atoms with van der Waals surface area (Å²) in [6, 6.07) is 74.8. The van der Waals surface area contributed by atoms with Crippen LogP contribution in [0.1, 0.15) is 93.5 Å². The summed E-state index contributed by atoms with van der Waals surface area (Å²) < 4.78 is 0. The van der Waals surface area contributed by atoms with Crippen molar-refractivity contribution < 1.29 is 0 Å². The highest BCUT2D eigenvalue weighted by Crippen LogP contribution is 2.53. The molecule has 0 radical (unpaired) electrons. The molecule has 0 N–H and O–H groups in total. The van der Waals surface area contributed by atoms with E-state index in [0.717, 1.165) is 0 Å². The molecule has 0 spiro atoms. The number of hydrogen-bond acceptors (Lipinski definition) is 2. The Kier molecular flexibility index (Phi) is 8.89. The Morgan fingerprint density at radius 2 is 0.841 bits per heavy atom. The lowest BCUT2D eigenvalue weighted by molar-refractivity contribution is 0.444. The summed E-state index contributed by atoms with van der Waals surface area (Å²) in [5.74, 6) is 0.521. The molecule has 1 saturated carbocycles. The van der Waals surface area contributed by atoms with Crippen molar-refractivity contribution in [2.45, 2.75) is 76.5 Å². The second kappa shape index (κ2) is 15.1. The van der Waals surface area contributed by atoms with Crippen LogP contribution in [-0.2, 0) is 10.8 Å². The van der Waals surface area contributed by atoms with Crippen molar-refractivity contribution in [2.24, 2.45) is 0 Å². The predicted molar refractivity (Wildman–Crippen MR) is 292 cm³/mol. The fourth-order valence-electron chi connectivity index (χ4n) is 13.6. The van der Waals surface area contributed by atoms with E-state index in [0.29, 0.717) is 5.92 Å². The van der Waals surface area contributed by atoms with E-state index in [4.69, 9.17) is 0 Å². The lowest BCUT2D eigenvalue weighted by Crippen LogP contribution is -2.61. The van der Waals surface area contributed by atoms with Crippen molar-refractivity contribution in [1.29, 1.82) is 0 Å². The first-order chi connectivity index (χ1) is 33.7. The molecule has 3 aliphatic carbocycles. The van der Waals surface area contributed by atoms with Gasteiger partial charge in [-0.3, -0.25) is 0 Å². The molecule has 2 aliphatic heterocycles. The Labute approximate surface area is 408 Å². The standard InChI is InChI=1S/C66H55BN2/c1-65(2)54-25-13-11-23-50(54)52-33-31-43(38-56(52)65)45-35-46(44-32-34-53-51-24-12-14-26-55(51)66(3,4)57(53)39-44)37-49(36-45)69-61-30-18-16-28-59(61)67-58-27-15-17-29-60(58)68(48-21-9-6-10-22-48)62-40-47(41-63(69)64(62)67)42-19-7-5-8-20-42/h6,9-18,21-42H,5,7-8,19-20H2,1-4H3. The number of rotatable bonds is 5. The number of benzene rings is 9. The zero-order valence-corrected chi connectivity index (χ0v) is 40.1. The highest BCUT2D eigenvalue weighted by molar-refractivity contribution is 7.00. The predicted octanol–water partition coefficient (Wildman–Crippen LogP) is 15.8. The molecule has 3 heteroatoms. The average molecular weight is 887 g/mol. The molecule has 5 aliphatic rings. The molecule has 2 nitrogen and oxygen atoms in total. The van der Waals surface area contributed by atoms with Crippen LogP contribution in [0.3, 0.4) is 0 Å². The maximum absolute atomic E-state index is 2.65. The Bertz CT molecular complexity index is 3450. The second-order valence-corrected chi connectivity index (χ2v) is 21.5. The average Bonchev–Trinajstić information content (AvgIpc) is 3.77. The highest BCUT2D eigenvalue weighted by atomic mass is 15.2. The maximum atomic E-state index is 2.65. The third-order valence-corrected chi connectivity index (χ3v) is 17.0. The van der Waals surface area contributed by atoms with Crippen molar-refractivity contribution >= 4 is 57.2 Å². The monoisotopic (exact) mass is 886 g/mol. The summed E-state index contributed by atoms with van der Waals surface area (Å²) in [5.41, 5.74) is 28.8. The second-order valence-electron chi connectivity index (χ2n) is 21.5. The van der Waals surface area contributed by atoms with Crippen LogP contribution in [0.2, 0.25) is 0 Å². The van der Waals surface area contributed by atoms with E-state index in [9.17, 15) is 0 Å². The van der Waals surface area contributed by atoms with Crippen molar-refractivity contribution in [2.75, 3.05) is 9.80 Å². The van der Waals surface area contributed by atoms with Crippen molar-refractivity contribution in [1.82, 2.24) is 0 Å². The Morgan fingerprint density at radius 3 is 1.39 bits per heavy atom. The summed E-state index contributed by atoms with van der Waals surface area (Å²) in [6.45, 7) is 9.67. The Hall–Kier alpha value is -7.36. The van der Waals surface area contributed by atoms with Crippen molar-refractivity contribution in [3.05, 3.63) is 222 Å². The molecule has 2 heterocycles. The van der Waals surface area contributed by atoms with Gasteiger partial charge in [0.05, 0.1) is 0 Å². The van der Waals surface area contributed by atoms with Gasteiger partial charge in [-0.05, 0) is 174 Å². The minimum Gasteiger partial charge on any atom is -0.311 e. The van der Waals surface area contributed by atoms with E-state index in [1.165, 1.54) is 155 Å². The first-order valence-electron chi connectivity index (χ1n) is 25.4. The van der Waals surface area contributed by atoms with Gasteiger partial charge in [0.1, 0.15) is 0 Å². The molecule has 0 saturated heterocycles. The van der Waals surface area contributed by atoms with Crippen LogP contribution in [0.5, 0.6) is 0 Å². The number of fused-ring (bicyclic) bond motifs is 10. The quantitative estimate of drug-likeness (QED) is 0.159. The van der Waals surface area contributed by atoms with Gasteiger partial charge in [0.15, 0.2) is 0 Å². The largest absolute Gasteiger partial charge is 0.311 e. The molecular formula is C66H55BN2. The molecule has 0 atom stereocenters. The summed E-state index contributed by atoms with van der Waals surface area (Å²) in [5, 5.41) is 0. The SMILES string of the molecule is CC1(C)c2ccccc2-c2ccc(-c3cc(-c4ccc5c(c4)C(C)(C)c4ccccc4-5)cc(N4c5ccccc5B5c6ccccc6N(c6ccccc6)c6cc(C7CCCCC7)cc4c65)c3)cc21. The zero-order chi connectivity index (χ0) is 46.2. The first-order valence-corrected chi connectivity index (χ1v) is 25.4. The molecule has 14 rings (SSSR count). The van der Waals surface area contributed by atoms with E-state index in [1.54, 1.807) is 0 Å². The van der Waals surface area contributed by atoms with Crippen LogP contribution in [0, 0.1) is 0 Å². The highest BCUT2D eigenvalue weighted by Gasteiger charge is 2.44. The summed E-state index contributed by atoms with van der Waals surface area (Å²) >= 11 is 0. The molecule has 69 heavy (non-hydrogen) atoms. The van der Waals surface area contributed by atoms with Gasteiger partial charge >= 0.3 is 0 Å². The van der Waals surface area contributed by atoms with Crippen molar-refractivity contribution in [3.63, 3.8) is 0 Å². The normalized spacial score (nSPS) is 16.5. The lowest BCUT2D eigenvalue weighted by Gasteiger charge is -2.45. The third kappa shape index (κ3) is 5.99. The molecular weight excluding hydrogens is 832 g/mol. The molecule has 0 amide bonds. The third-order valence-electron chi connectivity index (χ3n) is 17.0.